The molecule has 0 spiro atoms. The molecule has 2 heterocycles. The molecule has 0 fully saturated rings. The molecule has 2 aromatic heterocycles. The molecule has 0 atom stereocenters. The summed E-state index contributed by atoms with van der Waals surface area (Å²) in [5.41, 5.74) is 12.9. The van der Waals surface area contributed by atoms with E-state index < -0.39 is 0 Å². The Morgan fingerprint density at radius 1 is 0.923 bits per heavy atom. The number of hydrogen-bond acceptors (Lipinski definition) is 3. The zero-order valence-electron chi connectivity index (χ0n) is 14.0. The van der Waals surface area contributed by atoms with E-state index in [2.05, 4.69) is 21.2 Å². The van der Waals surface area contributed by atoms with Crippen molar-refractivity contribution in [1.29, 1.82) is 0 Å². The van der Waals surface area contributed by atoms with Crippen LogP contribution in [0.25, 0.3) is 22.4 Å². The van der Waals surface area contributed by atoms with Gasteiger partial charge in [-0.2, -0.15) is 5.10 Å². The first-order chi connectivity index (χ1) is 12.7. The van der Waals surface area contributed by atoms with Crippen LogP contribution in [0.4, 0.5) is 5.69 Å². The molecule has 0 amide bonds. The normalized spacial score (nSPS) is 10.8. The topological polar surface area (TPSA) is 67.6 Å². The maximum atomic E-state index is 6.03. The van der Waals surface area contributed by atoms with E-state index in [1.165, 1.54) is 0 Å². The van der Waals surface area contributed by atoms with E-state index in [4.69, 9.17) is 17.3 Å². The molecule has 0 aliphatic rings. The van der Waals surface area contributed by atoms with Crippen molar-refractivity contribution in [2.45, 2.75) is 6.42 Å². The summed E-state index contributed by atoms with van der Waals surface area (Å²) in [6.45, 7) is 0. The average Bonchev–Trinajstić information content (AvgIpc) is 3.06. The molecule has 2 aromatic carbocycles. The smallest absolute Gasteiger partial charge is 0.100 e. The zero-order chi connectivity index (χ0) is 17.9. The van der Waals surface area contributed by atoms with Gasteiger partial charge >= 0.3 is 0 Å². The standard InChI is InChI=1S/C21H17ClN4/c22-17-6-4-16(5-7-17)21-20(15-8-10-24-11-9-15)19(25-26-21)13-14-2-1-3-18(23)12-14/h1-12H,13,23H2,(H,25,26). The minimum atomic E-state index is 0.703. The number of H-pyrrole nitrogens is 1. The van der Waals surface area contributed by atoms with E-state index in [1.54, 1.807) is 12.4 Å². The van der Waals surface area contributed by atoms with Crippen LogP contribution in [0.3, 0.4) is 0 Å². The largest absolute Gasteiger partial charge is 0.399 e. The third-order valence-corrected chi connectivity index (χ3v) is 4.51. The number of halogens is 1. The second-order valence-electron chi connectivity index (χ2n) is 6.09. The monoisotopic (exact) mass is 360 g/mol. The van der Waals surface area contributed by atoms with Crippen LogP contribution >= 0.6 is 11.6 Å². The molecular formula is C21H17ClN4. The lowest BCUT2D eigenvalue weighted by atomic mass is 9.97. The number of hydrogen-bond donors (Lipinski definition) is 2. The molecule has 128 valence electrons. The molecule has 4 rings (SSSR count). The van der Waals surface area contributed by atoms with E-state index in [1.807, 2.05) is 54.6 Å². The first kappa shape index (κ1) is 16.4. The fourth-order valence-electron chi connectivity index (χ4n) is 3.06. The van der Waals surface area contributed by atoms with Gasteiger partial charge in [0.25, 0.3) is 0 Å². The summed E-state index contributed by atoms with van der Waals surface area (Å²) < 4.78 is 0. The molecule has 0 radical (unpaired) electrons. The lowest BCUT2D eigenvalue weighted by Gasteiger charge is -2.07. The fourth-order valence-corrected chi connectivity index (χ4v) is 3.19. The molecule has 0 unspecified atom stereocenters. The number of rotatable bonds is 4. The predicted octanol–water partition coefficient (Wildman–Crippen LogP) is 4.97. The van der Waals surface area contributed by atoms with Crippen LogP contribution in [-0.2, 0) is 6.42 Å². The van der Waals surface area contributed by atoms with Crippen molar-refractivity contribution >= 4 is 17.3 Å². The summed E-state index contributed by atoms with van der Waals surface area (Å²) in [5, 5.41) is 8.50. The van der Waals surface area contributed by atoms with Crippen LogP contribution in [0.1, 0.15) is 11.3 Å². The Hall–Kier alpha value is -3.11. The average molecular weight is 361 g/mol. The van der Waals surface area contributed by atoms with E-state index in [0.717, 1.165) is 39.3 Å². The van der Waals surface area contributed by atoms with Gasteiger partial charge in [-0.25, -0.2) is 0 Å². The summed E-state index contributed by atoms with van der Waals surface area (Å²) in [5.74, 6) is 0. The molecule has 3 N–H and O–H groups in total. The molecule has 0 aliphatic carbocycles. The van der Waals surface area contributed by atoms with E-state index in [0.29, 0.717) is 11.4 Å². The number of anilines is 1. The van der Waals surface area contributed by atoms with Gasteiger partial charge < -0.3 is 5.73 Å². The Morgan fingerprint density at radius 2 is 1.69 bits per heavy atom. The van der Waals surface area contributed by atoms with Crippen LogP contribution in [0.2, 0.25) is 5.02 Å². The van der Waals surface area contributed by atoms with Crippen molar-refractivity contribution in [2.24, 2.45) is 0 Å². The van der Waals surface area contributed by atoms with Crippen LogP contribution in [-0.4, -0.2) is 15.2 Å². The predicted molar refractivity (Wildman–Crippen MR) is 106 cm³/mol. The maximum absolute atomic E-state index is 6.03. The number of nitrogens with one attached hydrogen (secondary N) is 1. The molecule has 4 aromatic rings. The van der Waals surface area contributed by atoms with Crippen LogP contribution < -0.4 is 5.73 Å². The molecular weight excluding hydrogens is 344 g/mol. The van der Waals surface area contributed by atoms with Crippen LogP contribution in [0.15, 0.2) is 73.1 Å². The van der Waals surface area contributed by atoms with E-state index >= 15 is 0 Å². The van der Waals surface area contributed by atoms with Gasteiger partial charge in [0.15, 0.2) is 0 Å². The van der Waals surface area contributed by atoms with E-state index in [-0.39, 0.29) is 0 Å². The quantitative estimate of drug-likeness (QED) is 0.505. The highest BCUT2D eigenvalue weighted by molar-refractivity contribution is 6.30. The number of aromatic nitrogens is 3. The Balaban J connectivity index is 1.83. The number of nitrogens with two attached hydrogens (primary N) is 1. The second kappa shape index (κ2) is 7.02. The Bertz CT molecular complexity index is 1020. The van der Waals surface area contributed by atoms with Crippen molar-refractivity contribution in [1.82, 2.24) is 15.2 Å². The van der Waals surface area contributed by atoms with Crippen molar-refractivity contribution in [2.75, 3.05) is 5.73 Å². The number of aromatic amines is 1. The number of benzene rings is 2. The molecule has 0 aliphatic heterocycles. The maximum Gasteiger partial charge on any atom is 0.100 e. The summed E-state index contributed by atoms with van der Waals surface area (Å²) in [7, 11) is 0. The van der Waals surface area contributed by atoms with Gasteiger partial charge in [0, 0.05) is 46.3 Å². The van der Waals surface area contributed by atoms with Gasteiger partial charge in [-0.15, -0.1) is 0 Å². The minimum Gasteiger partial charge on any atom is -0.399 e. The van der Waals surface area contributed by atoms with Gasteiger partial charge in [-0.1, -0.05) is 35.9 Å². The summed E-state index contributed by atoms with van der Waals surface area (Å²) >= 11 is 6.03. The lowest BCUT2D eigenvalue weighted by Crippen LogP contribution is -1.94. The second-order valence-corrected chi connectivity index (χ2v) is 6.53. The summed E-state index contributed by atoms with van der Waals surface area (Å²) in [6.07, 6.45) is 4.29. The van der Waals surface area contributed by atoms with Crippen molar-refractivity contribution < 1.29 is 0 Å². The molecule has 0 saturated carbocycles. The third kappa shape index (κ3) is 3.32. The lowest BCUT2D eigenvalue weighted by molar-refractivity contribution is 0.999. The first-order valence-corrected chi connectivity index (χ1v) is 8.66. The Labute approximate surface area is 156 Å². The van der Waals surface area contributed by atoms with Gasteiger partial charge in [0.2, 0.25) is 0 Å². The molecule has 4 nitrogen and oxygen atoms in total. The highest BCUT2D eigenvalue weighted by atomic mass is 35.5. The van der Waals surface area contributed by atoms with E-state index in [9.17, 15) is 0 Å². The molecule has 26 heavy (non-hydrogen) atoms. The van der Waals surface area contributed by atoms with Gasteiger partial charge in [0.1, 0.15) is 5.69 Å². The van der Waals surface area contributed by atoms with Crippen LogP contribution in [0.5, 0.6) is 0 Å². The molecule has 0 saturated heterocycles. The molecule has 0 bridgehead atoms. The summed E-state index contributed by atoms with van der Waals surface area (Å²) in [6, 6.07) is 19.6. The molecule has 5 heteroatoms. The highest BCUT2D eigenvalue weighted by Gasteiger charge is 2.17. The van der Waals surface area contributed by atoms with Crippen molar-refractivity contribution in [3.63, 3.8) is 0 Å². The number of nitrogen functional groups attached to an aromatic ring is 1. The highest BCUT2D eigenvalue weighted by Crippen LogP contribution is 2.34. The van der Waals surface area contributed by atoms with Gasteiger partial charge in [0.05, 0.1) is 0 Å². The van der Waals surface area contributed by atoms with Crippen molar-refractivity contribution in [3.05, 3.63) is 89.3 Å². The van der Waals surface area contributed by atoms with Crippen LogP contribution in [0, 0.1) is 0 Å². The number of nitrogens with zero attached hydrogens (tertiary/aromatic N) is 2. The van der Waals surface area contributed by atoms with Crippen molar-refractivity contribution in [3.8, 4) is 22.4 Å². The number of pyridine rings is 1. The van der Waals surface area contributed by atoms with Gasteiger partial charge in [-0.3, -0.25) is 10.1 Å². The minimum absolute atomic E-state index is 0.703. The Kier molecular flexibility index (Phi) is 4.42. The SMILES string of the molecule is Nc1cccc(Cc2[nH]nc(-c3ccc(Cl)cc3)c2-c2ccncc2)c1. The zero-order valence-corrected chi connectivity index (χ0v) is 14.7. The fraction of sp³-hybridized carbons (Fsp3) is 0.0476. The Morgan fingerprint density at radius 3 is 2.42 bits per heavy atom. The third-order valence-electron chi connectivity index (χ3n) is 4.26. The van der Waals surface area contributed by atoms with Gasteiger partial charge in [-0.05, 0) is 47.5 Å². The summed E-state index contributed by atoms with van der Waals surface area (Å²) in [4.78, 5) is 4.13. The first-order valence-electron chi connectivity index (χ1n) is 8.29.